The topological polar surface area (TPSA) is 38.7 Å². The molecule has 0 saturated heterocycles. The van der Waals surface area contributed by atoms with Gasteiger partial charge in [-0.05, 0) is 30.5 Å². The summed E-state index contributed by atoms with van der Waals surface area (Å²) in [6.07, 6.45) is 1.29. The van der Waals surface area contributed by atoms with Crippen LogP contribution in [-0.2, 0) is 0 Å². The van der Waals surface area contributed by atoms with Gasteiger partial charge < -0.3 is 14.6 Å². The van der Waals surface area contributed by atoms with Crippen LogP contribution in [0.4, 0.5) is 0 Å². The first-order valence-electron chi connectivity index (χ1n) is 6.02. The van der Waals surface area contributed by atoms with Gasteiger partial charge in [0.15, 0.2) is 0 Å². The van der Waals surface area contributed by atoms with Crippen LogP contribution in [-0.4, -0.2) is 19.3 Å². The van der Waals surface area contributed by atoms with E-state index < -0.39 is 6.10 Å². The van der Waals surface area contributed by atoms with Gasteiger partial charge in [0.2, 0.25) is 0 Å². The lowest BCUT2D eigenvalue weighted by molar-refractivity contribution is 0.142. The van der Waals surface area contributed by atoms with Crippen LogP contribution in [0.15, 0.2) is 18.2 Å². The molecule has 3 heteroatoms. The molecule has 1 aromatic rings. The molecule has 0 amide bonds. The summed E-state index contributed by atoms with van der Waals surface area (Å²) in [6.45, 7) is 4.26. The van der Waals surface area contributed by atoms with Crippen molar-refractivity contribution in [3.8, 4) is 11.5 Å². The largest absolute Gasteiger partial charge is 0.497 e. The molecule has 1 rings (SSSR count). The molecule has 0 saturated carbocycles. The smallest absolute Gasteiger partial charge is 0.124 e. The summed E-state index contributed by atoms with van der Waals surface area (Å²) in [4.78, 5) is 0. The van der Waals surface area contributed by atoms with Gasteiger partial charge in [-0.15, -0.1) is 0 Å². The third kappa shape index (κ3) is 3.63. The molecule has 17 heavy (non-hydrogen) atoms. The Morgan fingerprint density at radius 1 is 1.24 bits per heavy atom. The van der Waals surface area contributed by atoms with Gasteiger partial charge >= 0.3 is 0 Å². The van der Waals surface area contributed by atoms with Crippen LogP contribution in [0.2, 0.25) is 0 Å². The van der Waals surface area contributed by atoms with Crippen molar-refractivity contribution in [1.29, 1.82) is 0 Å². The summed E-state index contributed by atoms with van der Waals surface area (Å²) in [7, 11) is 3.23. The van der Waals surface area contributed by atoms with E-state index in [0.29, 0.717) is 11.7 Å². The second-order valence-electron chi connectivity index (χ2n) is 4.37. The van der Waals surface area contributed by atoms with Gasteiger partial charge in [-0.2, -0.15) is 0 Å². The lowest BCUT2D eigenvalue weighted by Crippen LogP contribution is -2.06. The highest BCUT2D eigenvalue weighted by molar-refractivity contribution is 5.41. The summed E-state index contributed by atoms with van der Waals surface area (Å²) in [5.74, 6) is 1.94. The molecule has 1 aromatic carbocycles. The summed E-state index contributed by atoms with van der Waals surface area (Å²) in [6, 6.07) is 5.50. The zero-order valence-electron chi connectivity index (χ0n) is 11.1. The Morgan fingerprint density at radius 3 is 2.47 bits per heavy atom. The van der Waals surface area contributed by atoms with Crippen molar-refractivity contribution in [2.75, 3.05) is 14.2 Å². The highest BCUT2D eigenvalue weighted by atomic mass is 16.5. The summed E-state index contributed by atoms with van der Waals surface area (Å²) in [5, 5.41) is 10.2. The van der Waals surface area contributed by atoms with Crippen molar-refractivity contribution in [3.63, 3.8) is 0 Å². The normalized spacial score (nSPS) is 14.2. The first-order chi connectivity index (χ1) is 8.12. The molecule has 0 radical (unpaired) electrons. The lowest BCUT2D eigenvalue weighted by Gasteiger charge is -2.18. The van der Waals surface area contributed by atoms with E-state index in [-0.39, 0.29) is 0 Å². The van der Waals surface area contributed by atoms with E-state index in [1.165, 1.54) is 0 Å². The Balaban J connectivity index is 2.92. The second kappa shape index (κ2) is 6.50. The van der Waals surface area contributed by atoms with Crippen molar-refractivity contribution in [2.45, 2.75) is 32.8 Å². The van der Waals surface area contributed by atoms with E-state index in [9.17, 15) is 5.11 Å². The fourth-order valence-electron chi connectivity index (χ4n) is 1.77. The molecule has 0 heterocycles. The SMILES string of the molecule is CCC(C)CC(O)c1cc(OC)ccc1OC. The number of aliphatic hydroxyl groups is 1. The van der Waals surface area contributed by atoms with Crippen LogP contribution >= 0.6 is 0 Å². The van der Waals surface area contributed by atoms with Crippen LogP contribution in [0, 0.1) is 5.92 Å². The van der Waals surface area contributed by atoms with Gasteiger partial charge in [0.1, 0.15) is 11.5 Å². The minimum Gasteiger partial charge on any atom is -0.497 e. The standard InChI is InChI=1S/C14H22O3/c1-5-10(2)8-13(15)12-9-11(16-3)6-7-14(12)17-4/h6-7,9-10,13,15H,5,8H2,1-4H3. The lowest BCUT2D eigenvalue weighted by atomic mass is 9.96. The van der Waals surface area contributed by atoms with Crippen LogP contribution < -0.4 is 9.47 Å². The van der Waals surface area contributed by atoms with Gasteiger partial charge in [0, 0.05) is 5.56 Å². The number of ether oxygens (including phenoxy) is 2. The molecule has 3 nitrogen and oxygen atoms in total. The monoisotopic (exact) mass is 238 g/mol. The Kier molecular flexibility index (Phi) is 5.29. The second-order valence-corrected chi connectivity index (χ2v) is 4.37. The molecular formula is C14H22O3. The predicted octanol–water partition coefficient (Wildman–Crippen LogP) is 3.17. The van der Waals surface area contributed by atoms with Crippen molar-refractivity contribution >= 4 is 0 Å². The zero-order valence-corrected chi connectivity index (χ0v) is 11.1. The van der Waals surface area contributed by atoms with Crippen LogP contribution in [0.3, 0.4) is 0 Å². The molecule has 0 aliphatic heterocycles. The average Bonchev–Trinajstić information content (AvgIpc) is 2.37. The summed E-state index contributed by atoms with van der Waals surface area (Å²) in [5.41, 5.74) is 0.798. The van der Waals surface area contributed by atoms with E-state index >= 15 is 0 Å². The Morgan fingerprint density at radius 2 is 1.94 bits per heavy atom. The Hall–Kier alpha value is -1.22. The minimum atomic E-state index is -0.505. The number of hydrogen-bond acceptors (Lipinski definition) is 3. The Bertz CT molecular complexity index is 349. The summed E-state index contributed by atoms with van der Waals surface area (Å²) < 4.78 is 10.4. The van der Waals surface area contributed by atoms with Crippen molar-refractivity contribution in [2.24, 2.45) is 5.92 Å². The molecule has 0 spiro atoms. The molecule has 2 atom stereocenters. The third-order valence-electron chi connectivity index (χ3n) is 3.12. The molecule has 0 bridgehead atoms. The highest BCUT2D eigenvalue weighted by Crippen LogP contribution is 2.32. The van der Waals surface area contributed by atoms with Crippen molar-refractivity contribution < 1.29 is 14.6 Å². The van der Waals surface area contributed by atoms with Gasteiger partial charge in [-0.3, -0.25) is 0 Å². The average molecular weight is 238 g/mol. The minimum absolute atomic E-state index is 0.487. The van der Waals surface area contributed by atoms with Crippen LogP contribution in [0.25, 0.3) is 0 Å². The predicted molar refractivity (Wildman–Crippen MR) is 68.6 cm³/mol. The Labute approximate surface area is 103 Å². The van der Waals surface area contributed by atoms with E-state index in [2.05, 4.69) is 13.8 Å². The molecule has 0 aliphatic carbocycles. The van der Waals surface area contributed by atoms with Crippen molar-refractivity contribution in [1.82, 2.24) is 0 Å². The van der Waals surface area contributed by atoms with Gasteiger partial charge in [-0.1, -0.05) is 20.3 Å². The molecule has 1 N–H and O–H groups in total. The first-order valence-corrected chi connectivity index (χ1v) is 6.02. The fourth-order valence-corrected chi connectivity index (χ4v) is 1.77. The molecular weight excluding hydrogens is 216 g/mol. The fraction of sp³-hybridized carbons (Fsp3) is 0.571. The molecule has 2 unspecified atom stereocenters. The molecule has 96 valence electrons. The van der Waals surface area contributed by atoms with E-state index in [4.69, 9.17) is 9.47 Å². The number of methoxy groups -OCH3 is 2. The van der Waals surface area contributed by atoms with E-state index in [0.717, 1.165) is 24.2 Å². The van der Waals surface area contributed by atoms with Gasteiger partial charge in [0.05, 0.1) is 20.3 Å². The highest BCUT2D eigenvalue weighted by Gasteiger charge is 2.16. The first kappa shape index (κ1) is 13.8. The van der Waals surface area contributed by atoms with E-state index in [1.54, 1.807) is 14.2 Å². The van der Waals surface area contributed by atoms with E-state index in [1.807, 2.05) is 18.2 Å². The van der Waals surface area contributed by atoms with Crippen LogP contribution in [0.5, 0.6) is 11.5 Å². The molecule has 0 fully saturated rings. The maximum atomic E-state index is 10.2. The van der Waals surface area contributed by atoms with Crippen LogP contribution in [0.1, 0.15) is 38.4 Å². The van der Waals surface area contributed by atoms with Crippen molar-refractivity contribution in [3.05, 3.63) is 23.8 Å². The third-order valence-corrected chi connectivity index (χ3v) is 3.12. The van der Waals surface area contributed by atoms with Gasteiger partial charge in [-0.25, -0.2) is 0 Å². The maximum Gasteiger partial charge on any atom is 0.124 e. The van der Waals surface area contributed by atoms with Gasteiger partial charge in [0.25, 0.3) is 0 Å². The number of benzene rings is 1. The zero-order chi connectivity index (χ0) is 12.8. The number of rotatable bonds is 6. The number of hydrogen-bond donors (Lipinski definition) is 1. The molecule has 0 aliphatic rings. The molecule has 0 aromatic heterocycles. The quantitative estimate of drug-likeness (QED) is 0.827. The maximum absolute atomic E-state index is 10.2. The number of aliphatic hydroxyl groups excluding tert-OH is 1. The summed E-state index contributed by atoms with van der Waals surface area (Å²) >= 11 is 0.